The average Bonchev–Trinajstić information content (AvgIpc) is 2.44. The summed E-state index contributed by atoms with van der Waals surface area (Å²) in [5, 5.41) is 0. The molecule has 4 N–H and O–H groups in total. The molecule has 0 saturated carbocycles. The first-order chi connectivity index (χ1) is 9.65. The van der Waals surface area contributed by atoms with E-state index in [2.05, 4.69) is 46.0 Å². The lowest BCUT2D eigenvalue weighted by Crippen LogP contribution is -2.46. The molecule has 0 aromatic heterocycles. The van der Waals surface area contributed by atoms with Gasteiger partial charge in [0.05, 0.1) is 0 Å². The molecule has 1 aliphatic rings. The third-order valence-corrected chi connectivity index (χ3v) is 3.67. The van der Waals surface area contributed by atoms with E-state index in [4.69, 9.17) is 11.5 Å². The van der Waals surface area contributed by atoms with E-state index in [1.54, 1.807) is 0 Å². The molecule has 2 rings (SSSR count). The Kier molecular flexibility index (Phi) is 7.81. The Morgan fingerprint density at radius 2 is 1.90 bits per heavy atom. The van der Waals surface area contributed by atoms with Gasteiger partial charge in [-0.15, -0.1) is 24.0 Å². The van der Waals surface area contributed by atoms with Crippen LogP contribution in [0.3, 0.4) is 0 Å². The minimum Gasteiger partial charge on any atom is -0.370 e. The molecule has 0 radical (unpaired) electrons. The highest BCUT2D eigenvalue weighted by Crippen LogP contribution is 2.17. The van der Waals surface area contributed by atoms with Crippen molar-refractivity contribution in [1.29, 1.82) is 0 Å². The van der Waals surface area contributed by atoms with Crippen LogP contribution in [0.15, 0.2) is 29.3 Å². The van der Waals surface area contributed by atoms with Crippen molar-refractivity contribution in [3.8, 4) is 0 Å². The fourth-order valence-electron chi connectivity index (χ4n) is 2.56. The topological polar surface area (TPSA) is 70.9 Å². The quantitative estimate of drug-likeness (QED) is 0.338. The third kappa shape index (κ3) is 6.09. The summed E-state index contributed by atoms with van der Waals surface area (Å²) in [6.45, 7) is 8.32. The Morgan fingerprint density at radius 1 is 1.19 bits per heavy atom. The first-order valence-corrected chi connectivity index (χ1v) is 7.24. The molecule has 0 aliphatic carbocycles. The van der Waals surface area contributed by atoms with Crippen LogP contribution in [-0.2, 0) is 0 Å². The van der Waals surface area contributed by atoms with Gasteiger partial charge in [0.2, 0.25) is 0 Å². The Bertz CT molecular complexity index is 451. The van der Waals surface area contributed by atoms with Crippen LogP contribution in [0, 0.1) is 6.92 Å². The van der Waals surface area contributed by atoms with Gasteiger partial charge in [0.15, 0.2) is 5.96 Å². The predicted molar refractivity (Wildman–Crippen MR) is 101 cm³/mol. The molecule has 0 bridgehead atoms. The number of benzene rings is 1. The van der Waals surface area contributed by atoms with E-state index in [1.807, 2.05) is 0 Å². The van der Waals surface area contributed by atoms with Gasteiger partial charge in [-0.1, -0.05) is 12.1 Å². The van der Waals surface area contributed by atoms with Crippen LogP contribution in [-0.4, -0.2) is 50.1 Å². The monoisotopic (exact) mass is 403 g/mol. The highest BCUT2D eigenvalue weighted by molar-refractivity contribution is 14.0. The fourth-order valence-corrected chi connectivity index (χ4v) is 2.56. The summed E-state index contributed by atoms with van der Waals surface area (Å²) in [6, 6.07) is 8.73. The van der Waals surface area contributed by atoms with Gasteiger partial charge in [0.25, 0.3) is 0 Å². The minimum absolute atomic E-state index is 0. The maximum Gasteiger partial charge on any atom is 0.185 e. The van der Waals surface area contributed by atoms with Gasteiger partial charge in [0.1, 0.15) is 0 Å². The molecule has 0 spiro atoms. The highest BCUT2D eigenvalue weighted by atomic mass is 127. The van der Waals surface area contributed by atoms with Crippen LogP contribution in [0.5, 0.6) is 0 Å². The lowest BCUT2D eigenvalue weighted by molar-refractivity contribution is 0.256. The zero-order valence-electron chi connectivity index (χ0n) is 12.7. The van der Waals surface area contributed by atoms with Crippen LogP contribution in [0.1, 0.15) is 12.0 Å². The summed E-state index contributed by atoms with van der Waals surface area (Å²) in [5.41, 5.74) is 13.3. The third-order valence-electron chi connectivity index (χ3n) is 3.67. The zero-order valence-corrected chi connectivity index (χ0v) is 15.0. The van der Waals surface area contributed by atoms with Gasteiger partial charge in [-0.25, -0.2) is 0 Å². The van der Waals surface area contributed by atoms with Crippen molar-refractivity contribution < 1.29 is 0 Å². The maximum atomic E-state index is 5.31. The first-order valence-electron chi connectivity index (χ1n) is 7.24. The lowest BCUT2D eigenvalue weighted by Gasteiger charge is -2.36. The van der Waals surface area contributed by atoms with Gasteiger partial charge in [0, 0.05) is 45.0 Å². The van der Waals surface area contributed by atoms with Crippen molar-refractivity contribution in [2.24, 2.45) is 16.5 Å². The van der Waals surface area contributed by atoms with Crippen LogP contribution in [0.2, 0.25) is 0 Å². The number of aryl methyl sites for hydroxylation is 1. The first kappa shape index (κ1) is 18.0. The molecule has 6 heteroatoms. The molecule has 21 heavy (non-hydrogen) atoms. The summed E-state index contributed by atoms with van der Waals surface area (Å²) >= 11 is 0. The van der Waals surface area contributed by atoms with Crippen LogP contribution < -0.4 is 16.4 Å². The van der Waals surface area contributed by atoms with E-state index in [0.29, 0.717) is 0 Å². The van der Waals surface area contributed by atoms with Crippen molar-refractivity contribution in [3.63, 3.8) is 0 Å². The van der Waals surface area contributed by atoms with Gasteiger partial charge >= 0.3 is 0 Å². The Balaban J connectivity index is 0.00000220. The second-order valence-corrected chi connectivity index (χ2v) is 5.33. The summed E-state index contributed by atoms with van der Waals surface area (Å²) in [4.78, 5) is 8.95. The molecule has 1 saturated heterocycles. The number of guanidine groups is 1. The SMILES string of the molecule is Cc1cccc(N2CCN(CCCN=C(N)N)CC2)c1.I. The molecule has 1 heterocycles. The van der Waals surface area contributed by atoms with E-state index in [-0.39, 0.29) is 29.9 Å². The van der Waals surface area contributed by atoms with Crippen molar-refractivity contribution in [2.75, 3.05) is 44.2 Å². The number of rotatable bonds is 5. The van der Waals surface area contributed by atoms with Crippen molar-refractivity contribution in [1.82, 2.24) is 4.90 Å². The molecule has 5 nitrogen and oxygen atoms in total. The summed E-state index contributed by atoms with van der Waals surface area (Å²) in [5.74, 6) is 0.189. The number of aliphatic imine (C=N–C) groups is 1. The minimum atomic E-state index is 0. The molecule has 0 amide bonds. The van der Waals surface area contributed by atoms with Crippen LogP contribution in [0.25, 0.3) is 0 Å². The van der Waals surface area contributed by atoms with Gasteiger partial charge in [-0.05, 0) is 31.0 Å². The molecule has 0 unspecified atom stereocenters. The Hall–Kier alpha value is -1.02. The number of nitrogens with two attached hydrogens (primary N) is 2. The maximum absolute atomic E-state index is 5.31. The van der Waals surface area contributed by atoms with E-state index in [1.165, 1.54) is 11.3 Å². The van der Waals surface area contributed by atoms with Crippen LogP contribution in [0.4, 0.5) is 5.69 Å². The van der Waals surface area contributed by atoms with E-state index < -0.39 is 0 Å². The molecule has 1 fully saturated rings. The highest BCUT2D eigenvalue weighted by Gasteiger charge is 2.16. The van der Waals surface area contributed by atoms with Gasteiger partial charge < -0.3 is 16.4 Å². The Morgan fingerprint density at radius 3 is 2.52 bits per heavy atom. The fraction of sp³-hybridized carbons (Fsp3) is 0.533. The van der Waals surface area contributed by atoms with Gasteiger partial charge in [-0.3, -0.25) is 9.89 Å². The molecule has 1 aliphatic heterocycles. The van der Waals surface area contributed by atoms with Crippen molar-refractivity contribution in [2.45, 2.75) is 13.3 Å². The summed E-state index contributed by atoms with van der Waals surface area (Å²) < 4.78 is 0. The van der Waals surface area contributed by atoms with Crippen molar-refractivity contribution in [3.05, 3.63) is 29.8 Å². The smallest absolute Gasteiger partial charge is 0.185 e. The number of hydrogen-bond acceptors (Lipinski definition) is 3. The lowest BCUT2D eigenvalue weighted by atomic mass is 10.2. The molecule has 1 aromatic carbocycles. The number of halogens is 1. The standard InChI is InChI=1S/C15H25N5.HI/c1-13-4-2-5-14(12-13)20-10-8-19(9-11-20)7-3-6-18-15(16)17;/h2,4-5,12H,3,6-11H2,1H3,(H4,16,17,18);1H. The number of piperazine rings is 1. The van der Waals surface area contributed by atoms with E-state index in [0.717, 1.165) is 45.7 Å². The largest absolute Gasteiger partial charge is 0.370 e. The van der Waals surface area contributed by atoms with Crippen LogP contribution >= 0.6 is 24.0 Å². The second kappa shape index (κ2) is 9.09. The van der Waals surface area contributed by atoms with E-state index in [9.17, 15) is 0 Å². The second-order valence-electron chi connectivity index (χ2n) is 5.33. The number of hydrogen-bond donors (Lipinski definition) is 2. The molecular weight excluding hydrogens is 377 g/mol. The summed E-state index contributed by atoms with van der Waals surface area (Å²) in [7, 11) is 0. The summed E-state index contributed by atoms with van der Waals surface area (Å²) in [6.07, 6.45) is 1.02. The number of anilines is 1. The number of nitrogens with zero attached hydrogens (tertiary/aromatic N) is 3. The average molecular weight is 403 g/mol. The Labute approximate surface area is 144 Å². The molecule has 118 valence electrons. The predicted octanol–water partition coefficient (Wildman–Crippen LogP) is 1.40. The molecular formula is C15H26IN5. The van der Waals surface area contributed by atoms with Crippen molar-refractivity contribution >= 4 is 35.6 Å². The van der Waals surface area contributed by atoms with Gasteiger partial charge in [-0.2, -0.15) is 0 Å². The molecule has 1 aromatic rings. The normalized spacial score (nSPS) is 15.4. The molecule has 0 atom stereocenters. The van der Waals surface area contributed by atoms with E-state index >= 15 is 0 Å². The zero-order chi connectivity index (χ0) is 14.4.